The van der Waals surface area contributed by atoms with E-state index in [4.69, 9.17) is 0 Å². The van der Waals surface area contributed by atoms with Crippen molar-refractivity contribution in [1.29, 1.82) is 0 Å². The molecule has 0 bridgehead atoms. The number of nitrogens with one attached hydrogen (secondary N) is 2. The largest absolute Gasteiger partial charge is 0.481 e. The molecular formula is C13H24N2O3. The molecule has 0 radical (unpaired) electrons. The SMILES string of the molecule is CCC(C)CNC(=O)NC1CCCC1(C)C(=O)O. The maximum absolute atomic E-state index is 11.7. The zero-order chi connectivity index (χ0) is 13.8. The monoisotopic (exact) mass is 256 g/mol. The highest BCUT2D eigenvalue weighted by Gasteiger charge is 2.45. The molecule has 1 rings (SSSR count). The maximum Gasteiger partial charge on any atom is 0.315 e. The van der Waals surface area contributed by atoms with Crippen LogP contribution in [-0.2, 0) is 4.79 Å². The predicted octanol–water partition coefficient (Wildman–Crippen LogP) is 1.98. The van der Waals surface area contributed by atoms with E-state index in [-0.39, 0.29) is 12.1 Å². The Morgan fingerprint density at radius 3 is 2.72 bits per heavy atom. The quantitative estimate of drug-likeness (QED) is 0.703. The van der Waals surface area contributed by atoms with Crippen LogP contribution in [0.1, 0.15) is 46.5 Å². The molecule has 5 heteroatoms. The number of carboxylic acid groups (broad SMARTS) is 1. The third-order valence-electron chi connectivity index (χ3n) is 4.06. The number of rotatable bonds is 5. The van der Waals surface area contributed by atoms with Crippen molar-refractivity contribution in [3.63, 3.8) is 0 Å². The van der Waals surface area contributed by atoms with E-state index in [2.05, 4.69) is 24.5 Å². The van der Waals surface area contributed by atoms with Crippen molar-refractivity contribution in [2.45, 2.75) is 52.5 Å². The van der Waals surface area contributed by atoms with Crippen molar-refractivity contribution in [3.05, 3.63) is 0 Å². The highest BCUT2D eigenvalue weighted by molar-refractivity contribution is 5.79. The van der Waals surface area contributed by atoms with Gasteiger partial charge in [0.25, 0.3) is 0 Å². The molecule has 3 atom stereocenters. The second-order valence-corrected chi connectivity index (χ2v) is 5.54. The molecule has 0 aromatic rings. The minimum Gasteiger partial charge on any atom is -0.481 e. The summed E-state index contributed by atoms with van der Waals surface area (Å²) >= 11 is 0. The summed E-state index contributed by atoms with van der Waals surface area (Å²) in [5, 5.41) is 14.8. The van der Waals surface area contributed by atoms with E-state index < -0.39 is 11.4 Å². The van der Waals surface area contributed by atoms with Crippen LogP contribution in [0.25, 0.3) is 0 Å². The summed E-state index contributed by atoms with van der Waals surface area (Å²) in [5.41, 5.74) is -0.826. The van der Waals surface area contributed by atoms with Crippen LogP contribution in [0.2, 0.25) is 0 Å². The number of carbonyl (C=O) groups is 2. The second kappa shape index (κ2) is 6.07. The third kappa shape index (κ3) is 3.37. The summed E-state index contributed by atoms with van der Waals surface area (Å²) in [6.07, 6.45) is 3.22. The number of aliphatic carboxylic acids is 1. The van der Waals surface area contributed by atoms with Crippen molar-refractivity contribution in [3.8, 4) is 0 Å². The van der Waals surface area contributed by atoms with Crippen LogP contribution in [0.3, 0.4) is 0 Å². The lowest BCUT2D eigenvalue weighted by atomic mass is 9.85. The van der Waals surface area contributed by atoms with Crippen LogP contribution < -0.4 is 10.6 Å². The fraction of sp³-hybridized carbons (Fsp3) is 0.846. The predicted molar refractivity (Wildman–Crippen MR) is 69.4 cm³/mol. The van der Waals surface area contributed by atoms with Crippen molar-refractivity contribution < 1.29 is 14.7 Å². The summed E-state index contributed by atoms with van der Waals surface area (Å²) in [6, 6.07) is -0.526. The van der Waals surface area contributed by atoms with Gasteiger partial charge in [0, 0.05) is 12.6 Å². The molecule has 0 saturated heterocycles. The summed E-state index contributed by atoms with van der Waals surface area (Å²) in [6.45, 7) is 6.47. The highest BCUT2D eigenvalue weighted by Crippen LogP contribution is 2.38. The number of urea groups is 1. The zero-order valence-electron chi connectivity index (χ0n) is 11.5. The van der Waals surface area contributed by atoms with E-state index in [0.717, 1.165) is 19.3 Å². The maximum atomic E-state index is 11.7. The van der Waals surface area contributed by atoms with Gasteiger partial charge in [-0.15, -0.1) is 0 Å². The first-order valence-corrected chi connectivity index (χ1v) is 6.68. The fourth-order valence-electron chi connectivity index (χ4n) is 2.27. The van der Waals surface area contributed by atoms with Gasteiger partial charge in [-0.2, -0.15) is 0 Å². The zero-order valence-corrected chi connectivity index (χ0v) is 11.5. The number of carbonyl (C=O) groups excluding carboxylic acids is 1. The van der Waals surface area contributed by atoms with Crippen molar-refractivity contribution in [1.82, 2.24) is 10.6 Å². The summed E-state index contributed by atoms with van der Waals surface area (Å²) in [7, 11) is 0. The molecule has 3 unspecified atom stereocenters. The lowest BCUT2D eigenvalue weighted by molar-refractivity contribution is -0.148. The first kappa shape index (κ1) is 14.8. The molecule has 0 heterocycles. The van der Waals surface area contributed by atoms with Gasteiger partial charge in [-0.25, -0.2) is 4.79 Å². The molecule has 0 aromatic heterocycles. The molecule has 1 fully saturated rings. The highest BCUT2D eigenvalue weighted by atomic mass is 16.4. The lowest BCUT2D eigenvalue weighted by Gasteiger charge is -2.27. The molecule has 0 spiro atoms. The summed E-state index contributed by atoms with van der Waals surface area (Å²) < 4.78 is 0. The van der Waals surface area contributed by atoms with E-state index >= 15 is 0 Å². The van der Waals surface area contributed by atoms with E-state index in [1.165, 1.54) is 0 Å². The van der Waals surface area contributed by atoms with Crippen LogP contribution in [0.4, 0.5) is 4.79 Å². The van der Waals surface area contributed by atoms with Gasteiger partial charge in [0.15, 0.2) is 0 Å². The Balaban J connectivity index is 2.46. The second-order valence-electron chi connectivity index (χ2n) is 5.54. The first-order chi connectivity index (χ1) is 8.40. The number of hydrogen-bond acceptors (Lipinski definition) is 2. The molecule has 0 aliphatic heterocycles. The minimum atomic E-state index is -0.827. The Kier molecular flexibility index (Phi) is 4.99. The van der Waals surface area contributed by atoms with E-state index in [9.17, 15) is 14.7 Å². The van der Waals surface area contributed by atoms with Crippen LogP contribution in [0, 0.1) is 11.3 Å². The van der Waals surface area contributed by atoms with Gasteiger partial charge in [-0.05, 0) is 25.7 Å². The smallest absolute Gasteiger partial charge is 0.315 e. The Labute approximate surface area is 108 Å². The molecule has 1 aliphatic rings. The van der Waals surface area contributed by atoms with Crippen LogP contribution in [-0.4, -0.2) is 29.7 Å². The van der Waals surface area contributed by atoms with E-state index in [0.29, 0.717) is 18.9 Å². The normalized spacial score (nSPS) is 28.7. The topological polar surface area (TPSA) is 78.4 Å². The molecule has 0 aromatic carbocycles. The van der Waals surface area contributed by atoms with Gasteiger partial charge in [0.2, 0.25) is 0 Å². The van der Waals surface area contributed by atoms with Crippen LogP contribution >= 0.6 is 0 Å². The first-order valence-electron chi connectivity index (χ1n) is 6.68. The van der Waals surface area contributed by atoms with Gasteiger partial charge in [-0.1, -0.05) is 26.7 Å². The molecule has 3 N–H and O–H groups in total. The fourth-order valence-corrected chi connectivity index (χ4v) is 2.27. The van der Waals surface area contributed by atoms with Crippen LogP contribution in [0.15, 0.2) is 0 Å². The Morgan fingerprint density at radius 1 is 1.50 bits per heavy atom. The van der Waals surface area contributed by atoms with Crippen molar-refractivity contribution >= 4 is 12.0 Å². The van der Waals surface area contributed by atoms with Gasteiger partial charge >= 0.3 is 12.0 Å². The van der Waals surface area contributed by atoms with Crippen LogP contribution in [0.5, 0.6) is 0 Å². The van der Waals surface area contributed by atoms with Crippen molar-refractivity contribution in [2.75, 3.05) is 6.54 Å². The minimum absolute atomic E-state index is 0.255. The molecular weight excluding hydrogens is 232 g/mol. The number of hydrogen-bond donors (Lipinski definition) is 3. The Bertz CT molecular complexity index is 319. The van der Waals surface area contributed by atoms with E-state index in [1.807, 2.05) is 0 Å². The molecule has 5 nitrogen and oxygen atoms in total. The van der Waals surface area contributed by atoms with E-state index in [1.54, 1.807) is 6.92 Å². The Morgan fingerprint density at radius 2 is 2.17 bits per heavy atom. The lowest BCUT2D eigenvalue weighted by Crippen LogP contribution is -2.50. The van der Waals surface area contributed by atoms with Gasteiger partial charge in [0.05, 0.1) is 5.41 Å². The average Bonchev–Trinajstić information content (AvgIpc) is 2.69. The standard InChI is InChI=1S/C13H24N2O3/c1-4-9(2)8-14-12(18)15-10-6-5-7-13(10,3)11(16)17/h9-10H,4-8H2,1-3H3,(H,16,17)(H2,14,15,18). The van der Waals surface area contributed by atoms with Gasteiger partial charge < -0.3 is 15.7 Å². The molecule has 1 aliphatic carbocycles. The molecule has 104 valence electrons. The van der Waals surface area contributed by atoms with Crippen molar-refractivity contribution in [2.24, 2.45) is 11.3 Å². The average molecular weight is 256 g/mol. The summed E-state index contributed by atoms with van der Waals surface area (Å²) in [5.74, 6) is -0.391. The molecule has 1 saturated carbocycles. The Hall–Kier alpha value is -1.26. The molecule has 18 heavy (non-hydrogen) atoms. The third-order valence-corrected chi connectivity index (χ3v) is 4.06. The molecule has 2 amide bonds. The van der Waals surface area contributed by atoms with Gasteiger partial charge in [-0.3, -0.25) is 4.79 Å². The summed E-state index contributed by atoms with van der Waals surface area (Å²) in [4.78, 5) is 23.0. The number of carboxylic acids is 1. The van der Waals surface area contributed by atoms with Gasteiger partial charge in [0.1, 0.15) is 0 Å². The number of amides is 2.